The van der Waals surface area contributed by atoms with E-state index in [1.807, 2.05) is 18.2 Å². The fourth-order valence-electron chi connectivity index (χ4n) is 3.33. The van der Waals surface area contributed by atoms with Crippen LogP contribution in [0.3, 0.4) is 0 Å². The lowest BCUT2D eigenvalue weighted by Crippen LogP contribution is -2.52. The third-order valence-electron chi connectivity index (χ3n) is 4.83. The molecule has 0 aliphatic carbocycles. The van der Waals surface area contributed by atoms with E-state index >= 15 is 0 Å². The minimum Gasteiger partial charge on any atom is -0.497 e. The summed E-state index contributed by atoms with van der Waals surface area (Å²) in [5.74, 6) is 1.60. The number of nitrogens with zero attached hydrogens (tertiary/aromatic N) is 4. The summed E-state index contributed by atoms with van der Waals surface area (Å²) in [6.07, 6.45) is 0. The van der Waals surface area contributed by atoms with Gasteiger partial charge in [-0.1, -0.05) is 24.3 Å². The molecule has 1 N–H and O–H groups in total. The molecule has 148 valence electrons. The molecule has 1 saturated heterocycles. The van der Waals surface area contributed by atoms with Crippen LogP contribution in [0, 0.1) is 10.1 Å². The van der Waals surface area contributed by atoms with Gasteiger partial charge >= 0.3 is 0 Å². The molecular weight excluding hydrogens is 358 g/mol. The van der Waals surface area contributed by atoms with Gasteiger partial charge in [-0.2, -0.15) is 0 Å². The molecule has 8 heteroatoms. The maximum Gasteiger partial charge on any atom is 0.274 e. The van der Waals surface area contributed by atoms with E-state index in [0.29, 0.717) is 12.1 Å². The summed E-state index contributed by atoms with van der Waals surface area (Å²) in [7, 11) is 3.40. The Morgan fingerprint density at radius 2 is 1.93 bits per heavy atom. The van der Waals surface area contributed by atoms with Gasteiger partial charge in [0.25, 0.3) is 5.69 Å². The standard InChI is InChI=1S/C20H25N5O3/c1-21-20(22-15-16-6-3-4-9-19(16)25(26)27)24-12-10-23(11-13-24)17-7-5-8-18(14-17)28-2/h3-9,14H,10-13,15H2,1-2H3,(H,21,22). The monoisotopic (exact) mass is 383 g/mol. The summed E-state index contributed by atoms with van der Waals surface area (Å²) in [6, 6.07) is 14.8. The molecule has 2 aromatic rings. The van der Waals surface area contributed by atoms with Crippen molar-refractivity contribution in [2.75, 3.05) is 45.2 Å². The van der Waals surface area contributed by atoms with E-state index in [-0.39, 0.29) is 10.6 Å². The van der Waals surface area contributed by atoms with Crippen LogP contribution in [0.1, 0.15) is 5.56 Å². The first-order valence-corrected chi connectivity index (χ1v) is 9.19. The zero-order valence-electron chi connectivity index (χ0n) is 16.2. The van der Waals surface area contributed by atoms with Crippen molar-refractivity contribution in [3.63, 3.8) is 0 Å². The van der Waals surface area contributed by atoms with Crippen molar-refractivity contribution >= 4 is 17.3 Å². The number of nitrogens with one attached hydrogen (secondary N) is 1. The molecule has 0 spiro atoms. The van der Waals surface area contributed by atoms with Gasteiger partial charge in [-0.25, -0.2) is 0 Å². The van der Waals surface area contributed by atoms with E-state index < -0.39 is 0 Å². The number of aliphatic imine (C=N–C) groups is 1. The Balaban J connectivity index is 1.59. The first-order valence-electron chi connectivity index (χ1n) is 9.19. The van der Waals surface area contributed by atoms with E-state index in [9.17, 15) is 10.1 Å². The molecule has 1 aliphatic rings. The highest BCUT2D eigenvalue weighted by atomic mass is 16.6. The Bertz CT molecular complexity index is 847. The maximum atomic E-state index is 11.2. The average molecular weight is 383 g/mol. The van der Waals surface area contributed by atoms with Crippen molar-refractivity contribution in [3.8, 4) is 5.75 Å². The summed E-state index contributed by atoms with van der Waals surface area (Å²) in [4.78, 5) is 19.7. The smallest absolute Gasteiger partial charge is 0.274 e. The highest BCUT2D eigenvalue weighted by Gasteiger charge is 2.21. The molecule has 0 atom stereocenters. The molecule has 2 aromatic carbocycles. The molecule has 0 radical (unpaired) electrons. The number of piperazine rings is 1. The highest BCUT2D eigenvalue weighted by Crippen LogP contribution is 2.22. The number of methoxy groups -OCH3 is 1. The van der Waals surface area contributed by atoms with Crippen molar-refractivity contribution in [1.29, 1.82) is 0 Å². The zero-order chi connectivity index (χ0) is 19.9. The molecule has 0 unspecified atom stereocenters. The van der Waals surface area contributed by atoms with Crippen molar-refractivity contribution in [1.82, 2.24) is 10.2 Å². The molecule has 0 aromatic heterocycles. The zero-order valence-corrected chi connectivity index (χ0v) is 16.2. The molecule has 0 bridgehead atoms. The number of rotatable bonds is 5. The minimum absolute atomic E-state index is 0.119. The lowest BCUT2D eigenvalue weighted by Gasteiger charge is -2.37. The molecule has 28 heavy (non-hydrogen) atoms. The molecule has 8 nitrogen and oxygen atoms in total. The van der Waals surface area contributed by atoms with E-state index in [1.165, 1.54) is 6.07 Å². The van der Waals surface area contributed by atoms with Gasteiger partial charge in [0.1, 0.15) is 5.75 Å². The van der Waals surface area contributed by atoms with Crippen molar-refractivity contribution in [3.05, 3.63) is 64.2 Å². The summed E-state index contributed by atoms with van der Waals surface area (Å²) in [5.41, 5.74) is 1.90. The fraction of sp³-hybridized carbons (Fsp3) is 0.350. The molecular formula is C20H25N5O3. The van der Waals surface area contributed by atoms with Crippen LogP contribution in [0.2, 0.25) is 0 Å². The Kier molecular flexibility index (Phi) is 6.31. The normalized spacial score (nSPS) is 14.7. The number of nitro benzene ring substituents is 1. The van der Waals surface area contributed by atoms with E-state index in [2.05, 4.69) is 26.2 Å². The number of hydrogen-bond acceptors (Lipinski definition) is 5. The topological polar surface area (TPSA) is 83.2 Å². The van der Waals surface area contributed by atoms with Gasteiger partial charge in [-0.05, 0) is 12.1 Å². The van der Waals surface area contributed by atoms with E-state index in [1.54, 1.807) is 32.4 Å². The Morgan fingerprint density at radius 3 is 2.61 bits per heavy atom. The number of nitro groups is 1. The second-order valence-electron chi connectivity index (χ2n) is 6.46. The Morgan fingerprint density at radius 1 is 1.18 bits per heavy atom. The lowest BCUT2D eigenvalue weighted by atomic mass is 10.2. The second-order valence-corrected chi connectivity index (χ2v) is 6.46. The lowest BCUT2D eigenvalue weighted by molar-refractivity contribution is -0.385. The van der Waals surface area contributed by atoms with Crippen molar-refractivity contribution in [2.24, 2.45) is 4.99 Å². The second kappa shape index (κ2) is 9.07. The fourth-order valence-corrected chi connectivity index (χ4v) is 3.33. The molecule has 3 rings (SSSR count). The van der Waals surface area contributed by atoms with Crippen LogP contribution in [0.25, 0.3) is 0 Å². The molecule has 1 aliphatic heterocycles. The van der Waals surface area contributed by atoms with Gasteiger partial charge in [-0.15, -0.1) is 0 Å². The first-order chi connectivity index (χ1) is 13.6. The maximum absolute atomic E-state index is 11.2. The largest absolute Gasteiger partial charge is 0.497 e. The van der Waals surface area contributed by atoms with Gasteiger partial charge in [0.15, 0.2) is 5.96 Å². The number of hydrogen-bond donors (Lipinski definition) is 1. The van der Waals surface area contributed by atoms with Gasteiger partial charge < -0.3 is 19.9 Å². The van der Waals surface area contributed by atoms with E-state index in [4.69, 9.17) is 4.74 Å². The summed E-state index contributed by atoms with van der Waals surface area (Å²) >= 11 is 0. The van der Waals surface area contributed by atoms with Crippen LogP contribution < -0.4 is 15.0 Å². The first kappa shape index (κ1) is 19.5. The summed E-state index contributed by atoms with van der Waals surface area (Å²) < 4.78 is 5.31. The highest BCUT2D eigenvalue weighted by molar-refractivity contribution is 5.80. The summed E-state index contributed by atoms with van der Waals surface area (Å²) in [6.45, 7) is 3.71. The molecule has 0 amide bonds. The van der Waals surface area contributed by atoms with Crippen LogP contribution in [0.4, 0.5) is 11.4 Å². The third kappa shape index (κ3) is 4.51. The average Bonchev–Trinajstić information content (AvgIpc) is 2.75. The predicted molar refractivity (Wildman–Crippen MR) is 110 cm³/mol. The van der Waals surface area contributed by atoms with Crippen LogP contribution in [-0.2, 0) is 6.54 Å². The van der Waals surface area contributed by atoms with Crippen LogP contribution in [0.15, 0.2) is 53.5 Å². The van der Waals surface area contributed by atoms with Gasteiger partial charge in [0.2, 0.25) is 0 Å². The van der Waals surface area contributed by atoms with Crippen molar-refractivity contribution < 1.29 is 9.66 Å². The van der Waals surface area contributed by atoms with Crippen LogP contribution in [-0.4, -0.2) is 56.1 Å². The Hall–Kier alpha value is -3.29. The molecule has 1 fully saturated rings. The van der Waals surface area contributed by atoms with Gasteiger partial charge in [-0.3, -0.25) is 15.1 Å². The van der Waals surface area contributed by atoms with Crippen LogP contribution in [0.5, 0.6) is 5.75 Å². The number of anilines is 1. The third-order valence-corrected chi connectivity index (χ3v) is 4.83. The van der Waals surface area contributed by atoms with Crippen molar-refractivity contribution in [2.45, 2.75) is 6.54 Å². The van der Waals surface area contributed by atoms with Gasteiger partial charge in [0, 0.05) is 63.2 Å². The van der Waals surface area contributed by atoms with Gasteiger partial charge in [0.05, 0.1) is 12.0 Å². The summed E-state index contributed by atoms with van der Waals surface area (Å²) in [5, 5.41) is 14.4. The Labute approximate surface area is 164 Å². The SMILES string of the molecule is CN=C(NCc1ccccc1[N+](=O)[O-])N1CCN(c2cccc(OC)c2)CC1. The number of ether oxygens (including phenoxy) is 1. The van der Waals surface area contributed by atoms with E-state index in [0.717, 1.165) is 43.6 Å². The number of guanidine groups is 1. The predicted octanol–water partition coefficient (Wildman–Crippen LogP) is 2.50. The quantitative estimate of drug-likeness (QED) is 0.370. The minimum atomic E-state index is -0.354. The van der Waals surface area contributed by atoms with Crippen LogP contribution >= 0.6 is 0 Å². The molecule has 1 heterocycles. The molecule has 0 saturated carbocycles. The number of para-hydroxylation sites is 1. The number of benzene rings is 2.